The van der Waals surface area contributed by atoms with E-state index in [4.69, 9.17) is 9.88 Å². The van der Waals surface area contributed by atoms with Gasteiger partial charge in [0.15, 0.2) is 0 Å². The van der Waals surface area contributed by atoms with Gasteiger partial charge < -0.3 is 9.72 Å². The fourth-order valence-corrected chi connectivity index (χ4v) is 1.96. The van der Waals surface area contributed by atoms with E-state index in [1.165, 1.54) is 25.1 Å². The summed E-state index contributed by atoms with van der Waals surface area (Å²) >= 11 is 0. The molecule has 0 atom stereocenters. The van der Waals surface area contributed by atoms with Crippen molar-refractivity contribution in [1.82, 2.24) is 4.98 Å². The minimum Gasteiger partial charge on any atom is -0.461 e. The van der Waals surface area contributed by atoms with Crippen molar-refractivity contribution >= 4 is 16.0 Å². The maximum Gasteiger partial charge on any atom is 0.354 e. The lowest BCUT2D eigenvalue weighted by Gasteiger charge is -2.01. The van der Waals surface area contributed by atoms with Gasteiger partial charge in [-0.1, -0.05) is 12.8 Å². The summed E-state index contributed by atoms with van der Waals surface area (Å²) in [5.41, 5.74) is 0.102. The van der Waals surface area contributed by atoms with E-state index in [1.54, 1.807) is 0 Å². The predicted octanol–water partition coefficient (Wildman–Crippen LogP) is 0.619. The first kappa shape index (κ1) is 12.1. The number of aromatic nitrogens is 1. The molecule has 0 bridgehead atoms. The lowest BCUT2D eigenvalue weighted by Crippen LogP contribution is -2.11. The minimum absolute atomic E-state index is 0.102. The van der Waals surface area contributed by atoms with Gasteiger partial charge >= 0.3 is 5.97 Å². The number of aromatic amines is 1. The molecule has 0 aliphatic heterocycles. The molecule has 17 heavy (non-hydrogen) atoms. The Kier molecular flexibility index (Phi) is 3.21. The summed E-state index contributed by atoms with van der Waals surface area (Å²) in [6.45, 7) is 0.368. The van der Waals surface area contributed by atoms with Gasteiger partial charge in [-0.2, -0.15) is 0 Å². The number of ether oxygens (including phenoxy) is 1. The Balaban J connectivity index is 1.91. The molecule has 0 unspecified atom stereocenters. The molecule has 7 heteroatoms. The molecule has 1 aliphatic rings. The number of carbonyl (C=O) groups excluding carboxylic acids is 1. The van der Waals surface area contributed by atoms with E-state index in [-0.39, 0.29) is 10.6 Å². The lowest BCUT2D eigenvalue weighted by atomic mass is 10.3. The molecular weight excluding hydrogens is 244 g/mol. The smallest absolute Gasteiger partial charge is 0.354 e. The topological polar surface area (TPSA) is 102 Å². The Hall–Kier alpha value is -1.34. The summed E-state index contributed by atoms with van der Waals surface area (Å²) in [5, 5.41) is 4.92. The van der Waals surface area contributed by atoms with Crippen LogP contribution in [0.25, 0.3) is 0 Å². The van der Waals surface area contributed by atoms with Crippen LogP contribution in [0.15, 0.2) is 17.2 Å². The molecule has 0 spiro atoms. The van der Waals surface area contributed by atoms with E-state index < -0.39 is 16.0 Å². The molecule has 6 nitrogen and oxygen atoms in total. The largest absolute Gasteiger partial charge is 0.461 e. The highest BCUT2D eigenvalue weighted by atomic mass is 32.2. The third-order valence-electron chi connectivity index (χ3n) is 2.66. The van der Waals surface area contributed by atoms with Crippen LogP contribution < -0.4 is 5.14 Å². The van der Waals surface area contributed by atoms with Crippen molar-refractivity contribution in [2.45, 2.75) is 24.2 Å². The Morgan fingerprint density at radius 3 is 2.76 bits per heavy atom. The molecular formula is C10H14N2O4S. The summed E-state index contributed by atoms with van der Waals surface area (Å²) in [7, 11) is -3.78. The van der Waals surface area contributed by atoms with E-state index in [1.807, 2.05) is 0 Å². The maximum atomic E-state index is 11.5. The molecule has 0 radical (unpaired) electrons. The van der Waals surface area contributed by atoms with Crippen LogP contribution in [0.3, 0.4) is 0 Å². The number of hydrogen-bond acceptors (Lipinski definition) is 4. The van der Waals surface area contributed by atoms with E-state index in [2.05, 4.69) is 4.98 Å². The molecule has 0 saturated heterocycles. The van der Waals surface area contributed by atoms with Gasteiger partial charge in [-0.25, -0.2) is 18.4 Å². The Morgan fingerprint density at radius 1 is 1.53 bits per heavy atom. The van der Waals surface area contributed by atoms with Gasteiger partial charge in [-0.15, -0.1) is 0 Å². The van der Waals surface area contributed by atoms with Crippen molar-refractivity contribution < 1.29 is 17.9 Å². The van der Waals surface area contributed by atoms with Crippen molar-refractivity contribution in [2.75, 3.05) is 6.61 Å². The van der Waals surface area contributed by atoms with Gasteiger partial charge in [-0.05, 0) is 18.4 Å². The van der Waals surface area contributed by atoms with Crippen LogP contribution in [0.4, 0.5) is 0 Å². The van der Waals surface area contributed by atoms with Crippen LogP contribution in [0.5, 0.6) is 0 Å². The zero-order valence-corrected chi connectivity index (χ0v) is 10.00. The predicted molar refractivity (Wildman–Crippen MR) is 59.8 cm³/mol. The lowest BCUT2D eigenvalue weighted by molar-refractivity contribution is 0.0488. The minimum atomic E-state index is -3.78. The monoisotopic (exact) mass is 258 g/mol. The van der Waals surface area contributed by atoms with Gasteiger partial charge in [0.2, 0.25) is 10.0 Å². The number of H-pyrrole nitrogens is 1. The molecule has 0 amide bonds. The van der Waals surface area contributed by atoms with Crippen LogP contribution in [0, 0.1) is 5.92 Å². The number of esters is 1. The number of hydrogen-bond donors (Lipinski definition) is 2. The van der Waals surface area contributed by atoms with Gasteiger partial charge in [-0.3, -0.25) is 0 Å². The zero-order valence-electron chi connectivity index (χ0n) is 9.18. The highest BCUT2D eigenvalue weighted by Crippen LogP contribution is 2.32. The number of rotatable bonds is 5. The van der Waals surface area contributed by atoms with Gasteiger partial charge in [0.05, 0.1) is 6.61 Å². The van der Waals surface area contributed by atoms with Crippen LogP contribution in [0.1, 0.15) is 29.8 Å². The second kappa shape index (κ2) is 4.50. The molecule has 1 fully saturated rings. The first-order valence-corrected chi connectivity index (χ1v) is 6.90. The van der Waals surface area contributed by atoms with Crippen LogP contribution in [-0.2, 0) is 14.8 Å². The van der Waals surface area contributed by atoms with Crippen molar-refractivity contribution in [3.8, 4) is 0 Å². The first-order valence-electron chi connectivity index (χ1n) is 5.35. The number of sulfonamides is 1. The highest BCUT2D eigenvalue weighted by molar-refractivity contribution is 7.89. The average Bonchev–Trinajstić information content (AvgIpc) is 2.91. The van der Waals surface area contributed by atoms with E-state index in [0.29, 0.717) is 12.5 Å². The van der Waals surface area contributed by atoms with Gasteiger partial charge in [0.1, 0.15) is 10.6 Å². The Labute approximate surface area is 99.2 Å². The van der Waals surface area contributed by atoms with Gasteiger partial charge in [0, 0.05) is 6.20 Å². The highest BCUT2D eigenvalue weighted by Gasteiger charge is 2.22. The molecule has 1 aromatic heterocycles. The molecule has 94 valence electrons. The summed E-state index contributed by atoms with van der Waals surface area (Å²) in [5.74, 6) is 0.131. The van der Waals surface area contributed by atoms with E-state index >= 15 is 0 Å². The SMILES string of the molecule is NS(=O)(=O)c1c[nH]c(C(=O)OCCC2CC2)c1. The second-order valence-corrected chi connectivity index (χ2v) is 5.72. The average molecular weight is 258 g/mol. The first-order chi connectivity index (χ1) is 7.97. The molecule has 2 rings (SSSR count). The normalized spacial score (nSPS) is 15.8. The molecule has 1 aliphatic carbocycles. The molecule has 1 heterocycles. The van der Waals surface area contributed by atoms with Crippen molar-refractivity contribution in [3.05, 3.63) is 18.0 Å². The second-order valence-electron chi connectivity index (χ2n) is 4.16. The maximum absolute atomic E-state index is 11.5. The van der Waals surface area contributed by atoms with Crippen molar-refractivity contribution in [3.63, 3.8) is 0 Å². The molecule has 0 aromatic carbocycles. The standard InChI is InChI=1S/C10H14N2O4S/c11-17(14,15)8-5-9(12-6-8)10(13)16-4-3-7-1-2-7/h5-7,12H,1-4H2,(H2,11,14,15). The summed E-state index contributed by atoms with van der Waals surface area (Å²) in [6, 6.07) is 1.18. The van der Waals surface area contributed by atoms with E-state index in [9.17, 15) is 13.2 Å². The number of nitrogens with two attached hydrogens (primary N) is 1. The third-order valence-corrected chi connectivity index (χ3v) is 3.55. The third kappa shape index (κ3) is 3.31. The summed E-state index contributed by atoms with van der Waals surface area (Å²) in [6.07, 6.45) is 4.45. The van der Waals surface area contributed by atoms with Gasteiger partial charge in [0.25, 0.3) is 0 Å². The van der Waals surface area contributed by atoms with E-state index in [0.717, 1.165) is 6.42 Å². The Bertz CT molecular complexity index is 516. The number of primary sulfonamides is 1. The van der Waals surface area contributed by atoms with Crippen molar-refractivity contribution in [1.29, 1.82) is 0 Å². The van der Waals surface area contributed by atoms with Crippen molar-refractivity contribution in [2.24, 2.45) is 11.1 Å². The zero-order chi connectivity index (χ0) is 12.5. The fourth-order valence-electron chi connectivity index (χ4n) is 1.46. The Morgan fingerprint density at radius 2 is 2.24 bits per heavy atom. The van der Waals surface area contributed by atoms with Crippen LogP contribution >= 0.6 is 0 Å². The summed E-state index contributed by atoms with van der Waals surface area (Å²) in [4.78, 5) is 13.9. The molecule has 1 saturated carbocycles. The molecule has 1 aromatic rings. The quantitative estimate of drug-likeness (QED) is 0.755. The number of carbonyl (C=O) groups is 1. The summed E-state index contributed by atoms with van der Waals surface area (Å²) < 4.78 is 27.0. The van der Waals surface area contributed by atoms with Crippen LogP contribution in [0.2, 0.25) is 0 Å². The fraction of sp³-hybridized carbons (Fsp3) is 0.500. The number of nitrogens with one attached hydrogen (secondary N) is 1. The van der Waals surface area contributed by atoms with Crippen LogP contribution in [-0.4, -0.2) is 26.0 Å². The molecule has 3 N–H and O–H groups in total.